The van der Waals surface area contributed by atoms with Crippen molar-refractivity contribution in [2.24, 2.45) is 0 Å². The Morgan fingerprint density at radius 1 is 1.05 bits per heavy atom. The van der Waals surface area contributed by atoms with Gasteiger partial charge in [-0.05, 0) is 29.5 Å². The Morgan fingerprint density at radius 3 is 2.53 bits per heavy atom. The molecule has 0 bridgehead atoms. The fraction of sp³-hybridized carbons (Fsp3) is 0.167. The van der Waals surface area contributed by atoms with Gasteiger partial charge in [0.2, 0.25) is 0 Å². The Kier molecular flexibility index (Phi) is 3.04. The van der Waals surface area contributed by atoms with Crippen LogP contribution in [0.5, 0.6) is 0 Å². The first-order chi connectivity index (χ1) is 9.31. The Labute approximate surface area is 113 Å². The quantitative estimate of drug-likeness (QED) is 0.730. The highest BCUT2D eigenvalue weighted by atomic mass is 16.1. The SMILES string of the molecule is C=CC[C@@H]1C(=O)c2ccccc2Cc2ccccc21. The van der Waals surface area contributed by atoms with E-state index in [-0.39, 0.29) is 11.7 Å². The molecule has 0 N–H and O–H groups in total. The van der Waals surface area contributed by atoms with E-state index in [0.717, 1.165) is 23.1 Å². The predicted molar refractivity (Wildman–Crippen MR) is 77.6 cm³/mol. The Balaban J connectivity index is 2.21. The first-order valence-electron chi connectivity index (χ1n) is 6.62. The zero-order valence-corrected chi connectivity index (χ0v) is 10.8. The maximum Gasteiger partial charge on any atom is 0.170 e. The van der Waals surface area contributed by atoms with Gasteiger partial charge >= 0.3 is 0 Å². The summed E-state index contributed by atoms with van der Waals surface area (Å²) in [6.07, 6.45) is 3.38. The van der Waals surface area contributed by atoms with E-state index in [2.05, 4.69) is 24.8 Å². The molecule has 19 heavy (non-hydrogen) atoms. The third-order valence-electron chi connectivity index (χ3n) is 3.81. The van der Waals surface area contributed by atoms with Crippen LogP contribution in [0.1, 0.15) is 39.4 Å². The number of hydrogen-bond donors (Lipinski definition) is 0. The molecule has 0 radical (unpaired) electrons. The second-order valence-electron chi connectivity index (χ2n) is 4.97. The number of carbonyl (C=O) groups is 1. The molecule has 3 rings (SSSR count). The first-order valence-corrected chi connectivity index (χ1v) is 6.62. The van der Waals surface area contributed by atoms with E-state index < -0.39 is 0 Å². The van der Waals surface area contributed by atoms with Crippen LogP contribution in [-0.4, -0.2) is 5.78 Å². The maximum absolute atomic E-state index is 12.7. The minimum atomic E-state index is -0.0858. The van der Waals surface area contributed by atoms with Gasteiger partial charge in [0.1, 0.15) is 0 Å². The molecule has 1 aliphatic carbocycles. The van der Waals surface area contributed by atoms with Crippen LogP contribution < -0.4 is 0 Å². The number of allylic oxidation sites excluding steroid dienone is 1. The van der Waals surface area contributed by atoms with E-state index >= 15 is 0 Å². The number of rotatable bonds is 2. The summed E-state index contributed by atoms with van der Waals surface area (Å²) in [5.41, 5.74) is 4.41. The monoisotopic (exact) mass is 248 g/mol. The summed E-state index contributed by atoms with van der Waals surface area (Å²) in [4.78, 5) is 12.7. The van der Waals surface area contributed by atoms with E-state index in [0.29, 0.717) is 6.42 Å². The molecule has 2 aromatic carbocycles. The number of carbonyl (C=O) groups excluding carboxylic acids is 1. The molecular weight excluding hydrogens is 232 g/mol. The Hall–Kier alpha value is -2.15. The van der Waals surface area contributed by atoms with Crippen molar-refractivity contribution in [3.63, 3.8) is 0 Å². The molecule has 1 aliphatic rings. The van der Waals surface area contributed by atoms with Crippen molar-refractivity contribution in [2.45, 2.75) is 18.8 Å². The van der Waals surface area contributed by atoms with Gasteiger partial charge in [0, 0.05) is 5.56 Å². The van der Waals surface area contributed by atoms with Crippen molar-refractivity contribution in [3.05, 3.63) is 83.4 Å². The second-order valence-corrected chi connectivity index (χ2v) is 4.97. The molecule has 0 heterocycles. The summed E-state index contributed by atoms with van der Waals surface area (Å²) in [7, 11) is 0. The van der Waals surface area contributed by atoms with Gasteiger partial charge in [-0.2, -0.15) is 0 Å². The summed E-state index contributed by atoms with van der Waals surface area (Å²) in [5, 5.41) is 0. The smallest absolute Gasteiger partial charge is 0.170 e. The standard InChI is InChI=1S/C18H16O/c1-2-7-17-15-10-5-3-8-13(15)12-14-9-4-6-11-16(14)18(17)19/h2-6,8-11,17H,1,7,12H2/t17-/m0/s1. The van der Waals surface area contributed by atoms with Gasteiger partial charge < -0.3 is 0 Å². The van der Waals surface area contributed by atoms with Gasteiger partial charge in [-0.25, -0.2) is 0 Å². The minimum absolute atomic E-state index is 0.0858. The number of benzene rings is 2. The van der Waals surface area contributed by atoms with Crippen LogP contribution in [0.4, 0.5) is 0 Å². The van der Waals surface area contributed by atoms with Crippen LogP contribution in [0.2, 0.25) is 0 Å². The molecular formula is C18H16O. The number of hydrogen-bond acceptors (Lipinski definition) is 1. The van der Waals surface area contributed by atoms with E-state index in [4.69, 9.17) is 0 Å². The fourth-order valence-electron chi connectivity index (χ4n) is 2.88. The second kappa shape index (κ2) is 4.85. The highest BCUT2D eigenvalue weighted by Crippen LogP contribution is 2.33. The van der Waals surface area contributed by atoms with Crippen molar-refractivity contribution in [3.8, 4) is 0 Å². The van der Waals surface area contributed by atoms with Crippen LogP contribution >= 0.6 is 0 Å². The molecule has 1 atom stereocenters. The fourth-order valence-corrected chi connectivity index (χ4v) is 2.88. The van der Waals surface area contributed by atoms with Gasteiger partial charge in [-0.1, -0.05) is 54.6 Å². The van der Waals surface area contributed by atoms with Crippen molar-refractivity contribution >= 4 is 5.78 Å². The van der Waals surface area contributed by atoms with E-state index in [1.165, 1.54) is 5.56 Å². The van der Waals surface area contributed by atoms with Crippen molar-refractivity contribution < 1.29 is 4.79 Å². The average molecular weight is 248 g/mol. The van der Waals surface area contributed by atoms with Crippen LogP contribution in [0, 0.1) is 0 Å². The molecule has 0 aromatic heterocycles. The van der Waals surface area contributed by atoms with E-state index in [1.54, 1.807) is 0 Å². The summed E-state index contributed by atoms with van der Waals surface area (Å²) in [6, 6.07) is 16.2. The number of fused-ring (bicyclic) bond motifs is 2. The maximum atomic E-state index is 12.7. The largest absolute Gasteiger partial charge is 0.293 e. The lowest BCUT2D eigenvalue weighted by atomic mass is 9.88. The summed E-state index contributed by atoms with van der Waals surface area (Å²) in [5.74, 6) is 0.137. The Morgan fingerprint density at radius 2 is 1.74 bits per heavy atom. The zero-order chi connectivity index (χ0) is 13.2. The van der Waals surface area contributed by atoms with Crippen molar-refractivity contribution in [2.75, 3.05) is 0 Å². The molecule has 2 aromatic rings. The molecule has 0 amide bonds. The average Bonchev–Trinajstić information content (AvgIpc) is 2.56. The van der Waals surface area contributed by atoms with E-state index in [9.17, 15) is 4.79 Å². The number of Topliss-reactive ketones (excluding diaryl/α,β-unsaturated/α-hetero) is 1. The first kappa shape index (κ1) is 11.9. The van der Waals surface area contributed by atoms with Gasteiger partial charge in [-0.3, -0.25) is 4.79 Å². The molecule has 0 unspecified atom stereocenters. The van der Waals surface area contributed by atoms with Crippen LogP contribution in [-0.2, 0) is 6.42 Å². The van der Waals surface area contributed by atoms with Gasteiger partial charge in [0.05, 0.1) is 5.92 Å². The predicted octanol–water partition coefficient (Wildman–Crippen LogP) is 4.13. The lowest BCUT2D eigenvalue weighted by molar-refractivity contribution is 0.0960. The summed E-state index contributed by atoms with van der Waals surface area (Å²) >= 11 is 0. The van der Waals surface area contributed by atoms with E-state index in [1.807, 2.05) is 36.4 Å². The van der Waals surface area contributed by atoms with Gasteiger partial charge in [-0.15, -0.1) is 6.58 Å². The molecule has 0 spiro atoms. The molecule has 94 valence electrons. The highest BCUT2D eigenvalue weighted by Gasteiger charge is 2.27. The number of ketones is 1. The molecule has 0 aliphatic heterocycles. The molecule has 0 fully saturated rings. The van der Waals surface area contributed by atoms with Crippen LogP contribution in [0.15, 0.2) is 61.2 Å². The molecule has 1 nitrogen and oxygen atoms in total. The lowest BCUT2D eigenvalue weighted by Gasteiger charge is -2.14. The third kappa shape index (κ3) is 2.01. The lowest BCUT2D eigenvalue weighted by Crippen LogP contribution is -2.12. The normalized spacial score (nSPS) is 17.3. The van der Waals surface area contributed by atoms with Gasteiger partial charge in [0.15, 0.2) is 5.78 Å². The van der Waals surface area contributed by atoms with Crippen LogP contribution in [0.3, 0.4) is 0 Å². The minimum Gasteiger partial charge on any atom is -0.293 e. The summed E-state index contributed by atoms with van der Waals surface area (Å²) < 4.78 is 0. The van der Waals surface area contributed by atoms with Crippen molar-refractivity contribution in [1.29, 1.82) is 0 Å². The Bertz CT molecular complexity index is 640. The molecule has 0 saturated heterocycles. The highest BCUT2D eigenvalue weighted by molar-refractivity contribution is 6.03. The van der Waals surface area contributed by atoms with Gasteiger partial charge in [0.25, 0.3) is 0 Å². The zero-order valence-electron chi connectivity index (χ0n) is 10.8. The van der Waals surface area contributed by atoms with Crippen molar-refractivity contribution in [1.82, 2.24) is 0 Å². The third-order valence-corrected chi connectivity index (χ3v) is 3.81. The molecule has 0 saturated carbocycles. The molecule has 1 heteroatoms. The summed E-state index contributed by atoms with van der Waals surface area (Å²) in [6.45, 7) is 3.80. The topological polar surface area (TPSA) is 17.1 Å². The van der Waals surface area contributed by atoms with Crippen LogP contribution in [0.25, 0.3) is 0 Å².